The Morgan fingerprint density at radius 2 is 1.73 bits per heavy atom. The van der Waals surface area contributed by atoms with Crippen LogP contribution in [0, 0.1) is 20.2 Å². The third-order valence-corrected chi connectivity index (χ3v) is 2.28. The molecule has 15 heavy (non-hydrogen) atoms. The van der Waals surface area contributed by atoms with Crippen LogP contribution in [-0.4, -0.2) is 17.0 Å². The number of rotatable bonds is 3. The first-order valence-electron chi connectivity index (χ1n) is 3.63. The fourth-order valence-electron chi connectivity index (χ4n) is 0.979. The highest BCUT2D eigenvalue weighted by atomic mass is 79.9. The van der Waals surface area contributed by atoms with Crippen LogP contribution >= 0.6 is 15.9 Å². The Bertz CT molecular complexity index is 434. The fourth-order valence-corrected chi connectivity index (χ4v) is 1.45. The lowest BCUT2D eigenvalue weighted by atomic mass is 10.2. The summed E-state index contributed by atoms with van der Waals surface area (Å²) in [7, 11) is 1.25. The minimum Gasteiger partial charge on any atom is -0.490 e. The molecule has 0 heterocycles. The lowest BCUT2D eigenvalue weighted by Gasteiger charge is -2.02. The Hall–Kier alpha value is -1.70. The maximum absolute atomic E-state index is 10.6. The maximum atomic E-state index is 10.6. The molecule has 0 bridgehead atoms. The van der Waals surface area contributed by atoms with E-state index in [-0.39, 0.29) is 15.9 Å². The number of hydrogen-bond donors (Lipinski definition) is 0. The largest absolute Gasteiger partial charge is 0.490 e. The molecule has 0 spiro atoms. The first-order chi connectivity index (χ1) is 6.97. The van der Waals surface area contributed by atoms with Gasteiger partial charge in [0.25, 0.3) is 5.69 Å². The van der Waals surface area contributed by atoms with Crippen molar-refractivity contribution in [2.24, 2.45) is 0 Å². The third-order valence-electron chi connectivity index (χ3n) is 1.64. The Morgan fingerprint density at radius 3 is 2.13 bits per heavy atom. The molecular weight excluding hydrogens is 272 g/mol. The zero-order valence-corrected chi connectivity index (χ0v) is 9.05. The van der Waals surface area contributed by atoms with Crippen LogP contribution in [0.1, 0.15) is 0 Å². The van der Waals surface area contributed by atoms with Crippen molar-refractivity contribution in [1.82, 2.24) is 0 Å². The van der Waals surface area contributed by atoms with E-state index in [4.69, 9.17) is 4.74 Å². The van der Waals surface area contributed by atoms with Crippen LogP contribution in [0.15, 0.2) is 16.6 Å². The molecule has 0 fully saturated rings. The summed E-state index contributed by atoms with van der Waals surface area (Å²) in [6.07, 6.45) is 0. The lowest BCUT2D eigenvalue weighted by molar-refractivity contribution is -0.395. The van der Waals surface area contributed by atoms with Crippen LogP contribution in [0.2, 0.25) is 0 Å². The highest BCUT2D eigenvalue weighted by molar-refractivity contribution is 9.10. The molecule has 0 atom stereocenters. The van der Waals surface area contributed by atoms with Crippen molar-refractivity contribution in [3.8, 4) is 5.75 Å². The van der Waals surface area contributed by atoms with Crippen molar-refractivity contribution >= 4 is 27.3 Å². The van der Waals surface area contributed by atoms with Gasteiger partial charge < -0.3 is 4.74 Å². The van der Waals surface area contributed by atoms with Gasteiger partial charge >= 0.3 is 5.69 Å². The second-order valence-electron chi connectivity index (χ2n) is 2.49. The van der Waals surface area contributed by atoms with E-state index in [1.165, 1.54) is 13.2 Å². The number of ether oxygens (including phenoxy) is 1. The van der Waals surface area contributed by atoms with Crippen LogP contribution in [0.25, 0.3) is 0 Å². The van der Waals surface area contributed by atoms with E-state index in [1.807, 2.05) is 0 Å². The van der Waals surface area contributed by atoms with Gasteiger partial charge in [-0.25, -0.2) is 0 Å². The summed E-state index contributed by atoms with van der Waals surface area (Å²) < 4.78 is 4.86. The van der Waals surface area contributed by atoms with Crippen LogP contribution in [0.3, 0.4) is 0 Å². The van der Waals surface area contributed by atoms with Crippen molar-refractivity contribution in [3.63, 3.8) is 0 Å². The zero-order chi connectivity index (χ0) is 11.6. The van der Waals surface area contributed by atoms with Gasteiger partial charge in [-0.3, -0.25) is 20.2 Å². The predicted molar refractivity (Wildman–Crippen MR) is 54.0 cm³/mol. The van der Waals surface area contributed by atoms with Crippen molar-refractivity contribution in [2.75, 3.05) is 7.11 Å². The van der Waals surface area contributed by atoms with Crippen LogP contribution in [-0.2, 0) is 0 Å². The minimum atomic E-state index is -0.738. The number of nitro groups is 2. The van der Waals surface area contributed by atoms with Gasteiger partial charge in [0.15, 0.2) is 5.75 Å². The van der Waals surface area contributed by atoms with Gasteiger partial charge in [-0.1, -0.05) is 0 Å². The number of halogens is 1. The Balaban J connectivity index is 3.43. The topological polar surface area (TPSA) is 95.5 Å². The quantitative estimate of drug-likeness (QED) is 0.623. The van der Waals surface area contributed by atoms with Crippen molar-refractivity contribution in [3.05, 3.63) is 36.8 Å². The van der Waals surface area contributed by atoms with E-state index < -0.39 is 15.5 Å². The number of nitrogens with zero attached hydrogens (tertiary/aromatic N) is 2. The molecule has 0 aliphatic rings. The van der Waals surface area contributed by atoms with Gasteiger partial charge in [-0.05, 0) is 15.9 Å². The van der Waals surface area contributed by atoms with Gasteiger partial charge in [0.2, 0.25) is 0 Å². The van der Waals surface area contributed by atoms with E-state index in [0.29, 0.717) is 0 Å². The van der Waals surface area contributed by atoms with Crippen LogP contribution in [0.5, 0.6) is 5.75 Å². The normalized spacial score (nSPS) is 9.73. The molecule has 0 aromatic heterocycles. The smallest absolute Gasteiger partial charge is 0.317 e. The van der Waals surface area contributed by atoms with Crippen LogP contribution in [0.4, 0.5) is 11.4 Å². The number of methoxy groups -OCH3 is 1. The average molecular weight is 277 g/mol. The first kappa shape index (κ1) is 11.4. The molecule has 7 nitrogen and oxygen atoms in total. The van der Waals surface area contributed by atoms with Gasteiger partial charge in [-0.15, -0.1) is 0 Å². The van der Waals surface area contributed by atoms with E-state index >= 15 is 0 Å². The minimum absolute atomic E-state index is 0.0301. The monoisotopic (exact) mass is 276 g/mol. The third kappa shape index (κ3) is 2.21. The Labute approximate surface area is 92.1 Å². The molecule has 0 aliphatic carbocycles. The highest BCUT2D eigenvalue weighted by Gasteiger charge is 2.23. The van der Waals surface area contributed by atoms with E-state index in [9.17, 15) is 20.2 Å². The second kappa shape index (κ2) is 4.22. The van der Waals surface area contributed by atoms with Gasteiger partial charge in [0.05, 0.1) is 27.5 Å². The van der Waals surface area contributed by atoms with Crippen molar-refractivity contribution in [2.45, 2.75) is 0 Å². The molecule has 8 heteroatoms. The molecule has 1 aromatic carbocycles. The second-order valence-corrected chi connectivity index (χ2v) is 3.34. The number of hydrogen-bond acceptors (Lipinski definition) is 5. The van der Waals surface area contributed by atoms with Crippen molar-refractivity contribution < 1.29 is 14.6 Å². The maximum Gasteiger partial charge on any atom is 0.317 e. The van der Waals surface area contributed by atoms with Gasteiger partial charge in [-0.2, -0.15) is 0 Å². The molecule has 0 unspecified atom stereocenters. The van der Waals surface area contributed by atoms with E-state index in [0.717, 1.165) is 6.07 Å². The molecule has 0 amide bonds. The summed E-state index contributed by atoms with van der Waals surface area (Å²) in [4.78, 5) is 19.6. The molecule has 1 aromatic rings. The molecular formula is C7H5BrN2O5. The molecule has 0 N–H and O–H groups in total. The van der Waals surface area contributed by atoms with Gasteiger partial charge in [0.1, 0.15) is 0 Å². The SMILES string of the molecule is COc1cc(Br)c([N+](=O)[O-])cc1[N+](=O)[O-]. The first-order valence-corrected chi connectivity index (χ1v) is 4.43. The molecule has 0 saturated carbocycles. The summed E-state index contributed by atoms with van der Waals surface area (Å²) in [6, 6.07) is 2.04. The summed E-state index contributed by atoms with van der Waals surface area (Å²) >= 11 is 2.93. The average Bonchev–Trinajstić information content (AvgIpc) is 2.16. The lowest BCUT2D eigenvalue weighted by Crippen LogP contribution is -1.97. The summed E-state index contributed by atoms with van der Waals surface area (Å²) in [6.45, 7) is 0. The predicted octanol–water partition coefficient (Wildman–Crippen LogP) is 2.27. The van der Waals surface area contributed by atoms with Crippen LogP contribution < -0.4 is 4.74 Å². The molecule has 0 radical (unpaired) electrons. The van der Waals surface area contributed by atoms with E-state index in [1.54, 1.807) is 0 Å². The highest BCUT2D eigenvalue weighted by Crippen LogP contribution is 2.36. The molecule has 1 rings (SSSR count). The molecule has 0 saturated heterocycles. The fraction of sp³-hybridized carbons (Fsp3) is 0.143. The zero-order valence-electron chi connectivity index (χ0n) is 7.47. The summed E-state index contributed by atoms with van der Waals surface area (Å²) in [5, 5.41) is 21.1. The Morgan fingerprint density at radius 1 is 1.20 bits per heavy atom. The summed E-state index contributed by atoms with van der Waals surface area (Å²) in [5.41, 5.74) is -0.810. The van der Waals surface area contributed by atoms with Gasteiger partial charge in [0, 0.05) is 6.07 Å². The number of benzene rings is 1. The molecule has 80 valence electrons. The Kier molecular flexibility index (Phi) is 3.20. The number of nitro benzene ring substituents is 2. The van der Waals surface area contributed by atoms with Crippen molar-refractivity contribution in [1.29, 1.82) is 0 Å². The standard InChI is InChI=1S/C7H5BrN2O5/c1-15-7-2-4(8)5(9(11)12)3-6(7)10(13)14/h2-3H,1H3. The summed E-state index contributed by atoms with van der Waals surface area (Å²) in [5.74, 6) is -0.0301. The van der Waals surface area contributed by atoms with E-state index in [2.05, 4.69) is 15.9 Å². The molecule has 0 aliphatic heterocycles.